The molecule has 0 aliphatic rings. The summed E-state index contributed by atoms with van der Waals surface area (Å²) >= 11 is 0. The molecule has 1 unspecified atom stereocenters. The highest BCUT2D eigenvalue weighted by Gasteiger charge is 2.22. The van der Waals surface area contributed by atoms with Crippen LogP contribution in [0, 0.1) is 5.92 Å². The minimum Gasteiger partial charge on any atom is -0.481 e. The molecule has 0 saturated heterocycles. The number of amides is 2. The molecule has 2 amide bonds. The van der Waals surface area contributed by atoms with Gasteiger partial charge in [0.1, 0.15) is 5.69 Å². The summed E-state index contributed by atoms with van der Waals surface area (Å²) in [6.45, 7) is 4.90. The molecule has 0 aliphatic carbocycles. The average Bonchev–Trinajstić information content (AvgIpc) is 2.56. The minimum absolute atomic E-state index is 0.0690. The van der Waals surface area contributed by atoms with E-state index in [1.807, 2.05) is 6.92 Å². The molecule has 1 heterocycles. The molecular weight excluding hydrogens is 314 g/mol. The second-order valence-corrected chi connectivity index (χ2v) is 5.34. The number of ether oxygens (including phenoxy) is 1. The Bertz CT molecular complexity index is 574. The lowest BCUT2D eigenvalue weighted by Gasteiger charge is -2.24. The number of aromatic nitrogens is 1. The van der Waals surface area contributed by atoms with Gasteiger partial charge in [-0.3, -0.25) is 19.4 Å². The van der Waals surface area contributed by atoms with E-state index in [4.69, 9.17) is 15.6 Å². The van der Waals surface area contributed by atoms with Gasteiger partial charge in [-0.1, -0.05) is 6.92 Å². The standard InChI is InChI=1S/C16H23N3O5/c1-3-24-8-4-7-19(10-11(2)16(22)23)15(21)13-6-5-12(9-18-13)14(17)20/h5-6,9,11H,3-4,7-8,10H2,1-2H3,(H2,17,20)(H,22,23). The summed E-state index contributed by atoms with van der Waals surface area (Å²) in [5, 5.41) is 9.06. The van der Waals surface area contributed by atoms with Crippen LogP contribution in [-0.4, -0.2) is 59.1 Å². The van der Waals surface area contributed by atoms with Crippen LogP contribution in [0.4, 0.5) is 0 Å². The molecule has 1 aromatic heterocycles. The van der Waals surface area contributed by atoms with Gasteiger partial charge in [-0.05, 0) is 25.5 Å². The largest absolute Gasteiger partial charge is 0.481 e. The average molecular weight is 337 g/mol. The third-order valence-electron chi connectivity index (χ3n) is 3.39. The summed E-state index contributed by atoms with van der Waals surface area (Å²) in [4.78, 5) is 40.0. The van der Waals surface area contributed by atoms with Crippen LogP contribution in [0.15, 0.2) is 18.3 Å². The molecule has 132 valence electrons. The van der Waals surface area contributed by atoms with Gasteiger partial charge in [-0.2, -0.15) is 0 Å². The predicted octanol–water partition coefficient (Wildman–Crippen LogP) is 0.770. The number of carbonyl (C=O) groups excluding carboxylic acids is 2. The van der Waals surface area contributed by atoms with Gasteiger partial charge in [0, 0.05) is 32.5 Å². The van der Waals surface area contributed by atoms with Crippen molar-refractivity contribution >= 4 is 17.8 Å². The molecule has 1 rings (SSSR count). The zero-order valence-electron chi connectivity index (χ0n) is 13.9. The van der Waals surface area contributed by atoms with Gasteiger partial charge in [0.2, 0.25) is 5.91 Å². The first-order valence-electron chi connectivity index (χ1n) is 7.72. The number of carboxylic acids is 1. The van der Waals surface area contributed by atoms with Crippen molar-refractivity contribution in [1.82, 2.24) is 9.88 Å². The maximum atomic E-state index is 12.6. The van der Waals surface area contributed by atoms with Gasteiger partial charge in [0.25, 0.3) is 5.91 Å². The molecule has 1 aromatic rings. The number of hydrogen-bond acceptors (Lipinski definition) is 5. The van der Waals surface area contributed by atoms with Crippen LogP contribution in [0.1, 0.15) is 41.1 Å². The van der Waals surface area contributed by atoms with Crippen LogP contribution in [0.25, 0.3) is 0 Å². The fourth-order valence-corrected chi connectivity index (χ4v) is 2.01. The van der Waals surface area contributed by atoms with Gasteiger partial charge in [0.15, 0.2) is 0 Å². The SMILES string of the molecule is CCOCCCN(CC(C)C(=O)O)C(=O)c1ccc(C(N)=O)cn1. The van der Waals surface area contributed by atoms with E-state index >= 15 is 0 Å². The maximum absolute atomic E-state index is 12.6. The molecule has 0 aliphatic heterocycles. The van der Waals surface area contributed by atoms with Crippen LogP contribution in [-0.2, 0) is 9.53 Å². The summed E-state index contributed by atoms with van der Waals surface area (Å²) < 4.78 is 5.24. The Hall–Kier alpha value is -2.48. The third kappa shape index (κ3) is 5.96. The van der Waals surface area contributed by atoms with E-state index in [9.17, 15) is 14.4 Å². The number of rotatable bonds is 10. The lowest BCUT2D eigenvalue weighted by Crippen LogP contribution is -2.38. The van der Waals surface area contributed by atoms with Crippen LogP contribution in [0.5, 0.6) is 0 Å². The Kier molecular flexibility index (Phi) is 7.84. The number of carbonyl (C=O) groups is 3. The highest BCUT2D eigenvalue weighted by molar-refractivity contribution is 5.95. The molecule has 3 N–H and O–H groups in total. The van der Waals surface area contributed by atoms with Gasteiger partial charge in [0.05, 0.1) is 11.5 Å². The molecule has 0 saturated carbocycles. The highest BCUT2D eigenvalue weighted by Crippen LogP contribution is 2.09. The normalized spacial score (nSPS) is 11.8. The smallest absolute Gasteiger partial charge is 0.308 e. The van der Waals surface area contributed by atoms with E-state index in [-0.39, 0.29) is 17.8 Å². The zero-order valence-corrected chi connectivity index (χ0v) is 13.9. The number of aliphatic carboxylic acids is 1. The molecule has 0 spiro atoms. The molecule has 8 nitrogen and oxygen atoms in total. The Morgan fingerprint density at radius 2 is 2.08 bits per heavy atom. The predicted molar refractivity (Wildman–Crippen MR) is 86.6 cm³/mol. The number of carboxylic acid groups (broad SMARTS) is 1. The van der Waals surface area contributed by atoms with Crippen molar-refractivity contribution in [2.45, 2.75) is 20.3 Å². The van der Waals surface area contributed by atoms with Crippen LogP contribution in [0.3, 0.4) is 0 Å². The third-order valence-corrected chi connectivity index (χ3v) is 3.39. The Labute approximate surface area is 140 Å². The van der Waals surface area contributed by atoms with Gasteiger partial charge in [-0.15, -0.1) is 0 Å². The van der Waals surface area contributed by atoms with E-state index in [0.717, 1.165) is 0 Å². The molecule has 24 heavy (non-hydrogen) atoms. The second kappa shape index (κ2) is 9.61. The number of hydrogen-bond donors (Lipinski definition) is 2. The molecule has 0 bridgehead atoms. The van der Waals surface area contributed by atoms with Gasteiger partial charge in [-0.25, -0.2) is 0 Å². The van der Waals surface area contributed by atoms with Crippen molar-refractivity contribution in [3.63, 3.8) is 0 Å². The first kappa shape index (κ1) is 19.6. The topological polar surface area (TPSA) is 123 Å². The first-order chi connectivity index (χ1) is 11.4. The lowest BCUT2D eigenvalue weighted by atomic mass is 10.1. The number of nitrogens with zero attached hydrogens (tertiary/aromatic N) is 2. The van der Waals surface area contributed by atoms with Crippen LogP contribution >= 0.6 is 0 Å². The summed E-state index contributed by atoms with van der Waals surface area (Å²) in [5.74, 6) is -2.70. The van der Waals surface area contributed by atoms with E-state index in [1.54, 1.807) is 0 Å². The molecular formula is C16H23N3O5. The van der Waals surface area contributed by atoms with E-state index in [0.29, 0.717) is 26.2 Å². The van der Waals surface area contributed by atoms with E-state index in [1.165, 1.54) is 30.2 Å². The first-order valence-corrected chi connectivity index (χ1v) is 7.72. The number of nitrogens with two attached hydrogens (primary N) is 1. The van der Waals surface area contributed by atoms with Gasteiger partial charge < -0.3 is 20.5 Å². The van der Waals surface area contributed by atoms with Crippen molar-refractivity contribution in [2.75, 3.05) is 26.3 Å². The second-order valence-electron chi connectivity index (χ2n) is 5.34. The Morgan fingerprint density at radius 3 is 2.58 bits per heavy atom. The maximum Gasteiger partial charge on any atom is 0.308 e. The molecule has 0 aromatic carbocycles. The van der Waals surface area contributed by atoms with Crippen LogP contribution < -0.4 is 5.73 Å². The minimum atomic E-state index is -0.977. The molecule has 0 fully saturated rings. The number of primary amides is 1. The Balaban J connectivity index is 2.84. The summed E-state index contributed by atoms with van der Waals surface area (Å²) in [7, 11) is 0. The zero-order chi connectivity index (χ0) is 18.1. The van der Waals surface area contributed by atoms with Crippen molar-refractivity contribution in [3.8, 4) is 0 Å². The molecule has 0 radical (unpaired) electrons. The van der Waals surface area contributed by atoms with Gasteiger partial charge >= 0.3 is 5.97 Å². The number of pyridine rings is 1. The van der Waals surface area contributed by atoms with E-state index < -0.39 is 23.7 Å². The summed E-state index contributed by atoms with van der Waals surface area (Å²) in [6.07, 6.45) is 1.82. The quantitative estimate of drug-likeness (QED) is 0.608. The van der Waals surface area contributed by atoms with Crippen molar-refractivity contribution < 1.29 is 24.2 Å². The van der Waals surface area contributed by atoms with Crippen molar-refractivity contribution in [2.24, 2.45) is 11.7 Å². The summed E-state index contributed by atoms with van der Waals surface area (Å²) in [5.41, 5.74) is 5.48. The lowest BCUT2D eigenvalue weighted by molar-refractivity contribution is -0.141. The molecule has 1 atom stereocenters. The molecule has 8 heteroatoms. The monoisotopic (exact) mass is 337 g/mol. The summed E-state index contributed by atoms with van der Waals surface area (Å²) in [6, 6.07) is 2.82. The highest BCUT2D eigenvalue weighted by atomic mass is 16.5. The fourth-order valence-electron chi connectivity index (χ4n) is 2.01. The Morgan fingerprint density at radius 1 is 1.38 bits per heavy atom. The van der Waals surface area contributed by atoms with Crippen molar-refractivity contribution in [1.29, 1.82) is 0 Å². The van der Waals surface area contributed by atoms with E-state index in [2.05, 4.69) is 4.98 Å². The van der Waals surface area contributed by atoms with Crippen LogP contribution in [0.2, 0.25) is 0 Å². The van der Waals surface area contributed by atoms with Crippen molar-refractivity contribution in [3.05, 3.63) is 29.6 Å². The fraction of sp³-hybridized carbons (Fsp3) is 0.500.